The lowest BCUT2D eigenvalue weighted by atomic mass is 9.97. The molecular weight excluding hydrogens is 354 g/mol. The van der Waals surface area contributed by atoms with E-state index in [1.54, 1.807) is 12.1 Å². The summed E-state index contributed by atoms with van der Waals surface area (Å²) in [6.07, 6.45) is 1.44. The van der Waals surface area contributed by atoms with E-state index in [4.69, 9.17) is 5.26 Å². The molecule has 0 amide bonds. The molecule has 0 aliphatic carbocycles. The van der Waals surface area contributed by atoms with Gasteiger partial charge in [0.05, 0.1) is 29.0 Å². The first-order valence-electron chi connectivity index (χ1n) is 8.11. The highest BCUT2D eigenvalue weighted by atomic mass is 32.2. The predicted molar refractivity (Wildman–Crippen MR) is 94.2 cm³/mol. The number of nitrogens with zero attached hydrogens (tertiary/aromatic N) is 2. The maximum Gasteiger partial charge on any atom is 0.336 e. The minimum Gasteiger partial charge on any atom is -0.478 e. The smallest absolute Gasteiger partial charge is 0.336 e. The highest BCUT2D eigenvalue weighted by molar-refractivity contribution is 7.89. The standard InChI is InChI=1S/C18H15N3O4S/c19-10-11-3-5-13(18(22)23)14(8-11)12-4-6-15-16(9-12)26(24,25)20-17-2-1-7-21(15)17/h3-6,8-9,17,20H,1-2,7H2,(H,22,23). The lowest BCUT2D eigenvalue weighted by Crippen LogP contribution is -2.48. The van der Waals surface area contributed by atoms with Crippen LogP contribution < -0.4 is 9.62 Å². The molecule has 2 N–H and O–H groups in total. The molecule has 0 saturated carbocycles. The fourth-order valence-electron chi connectivity index (χ4n) is 3.59. The van der Waals surface area contributed by atoms with Crippen LogP contribution in [-0.2, 0) is 10.0 Å². The SMILES string of the molecule is N#Cc1ccc(C(=O)O)c(-c2ccc3c(c2)S(=O)(=O)NC2CCCN32)c1. The van der Waals surface area contributed by atoms with Crippen molar-refractivity contribution in [1.82, 2.24) is 4.72 Å². The summed E-state index contributed by atoms with van der Waals surface area (Å²) >= 11 is 0. The van der Waals surface area contributed by atoms with Gasteiger partial charge in [0, 0.05) is 6.54 Å². The zero-order valence-corrected chi connectivity index (χ0v) is 14.5. The van der Waals surface area contributed by atoms with Crippen molar-refractivity contribution in [2.45, 2.75) is 23.9 Å². The maximum atomic E-state index is 12.6. The van der Waals surface area contributed by atoms with E-state index in [0.717, 1.165) is 19.4 Å². The number of carboxylic acids is 1. The molecule has 0 radical (unpaired) electrons. The van der Waals surface area contributed by atoms with E-state index in [0.29, 0.717) is 22.4 Å². The molecule has 132 valence electrons. The molecule has 8 heteroatoms. The molecular formula is C18H15N3O4S. The zero-order valence-electron chi connectivity index (χ0n) is 13.6. The topological polar surface area (TPSA) is 110 Å². The lowest BCUT2D eigenvalue weighted by Gasteiger charge is -2.34. The first kappa shape index (κ1) is 16.6. The number of sulfonamides is 1. The summed E-state index contributed by atoms with van der Waals surface area (Å²) < 4.78 is 27.9. The number of nitrogens with one attached hydrogen (secondary N) is 1. The van der Waals surface area contributed by atoms with Crippen LogP contribution in [0.25, 0.3) is 11.1 Å². The number of aromatic carboxylic acids is 1. The van der Waals surface area contributed by atoms with E-state index in [9.17, 15) is 18.3 Å². The van der Waals surface area contributed by atoms with Crippen molar-refractivity contribution in [1.29, 1.82) is 5.26 Å². The minimum absolute atomic E-state index is 0.0177. The first-order chi connectivity index (χ1) is 12.4. The first-order valence-corrected chi connectivity index (χ1v) is 9.60. The van der Waals surface area contributed by atoms with Gasteiger partial charge in [-0.3, -0.25) is 0 Å². The third kappa shape index (κ3) is 2.53. The Morgan fingerprint density at radius 1 is 1.27 bits per heavy atom. The van der Waals surface area contributed by atoms with Crippen molar-refractivity contribution in [3.63, 3.8) is 0 Å². The van der Waals surface area contributed by atoms with Crippen molar-refractivity contribution < 1.29 is 18.3 Å². The molecule has 26 heavy (non-hydrogen) atoms. The molecule has 7 nitrogen and oxygen atoms in total. The second-order valence-electron chi connectivity index (χ2n) is 6.33. The van der Waals surface area contributed by atoms with Crippen molar-refractivity contribution in [3.05, 3.63) is 47.5 Å². The summed E-state index contributed by atoms with van der Waals surface area (Å²) in [5.74, 6) is -1.14. The second kappa shape index (κ2) is 5.83. The summed E-state index contributed by atoms with van der Waals surface area (Å²) in [6.45, 7) is 0.768. The van der Waals surface area contributed by atoms with Gasteiger partial charge in [-0.2, -0.15) is 9.98 Å². The molecule has 1 atom stereocenters. The average molecular weight is 369 g/mol. The van der Waals surface area contributed by atoms with Gasteiger partial charge in [-0.25, -0.2) is 13.2 Å². The molecule has 2 aromatic rings. The molecule has 1 saturated heterocycles. The number of anilines is 1. The quantitative estimate of drug-likeness (QED) is 0.839. The van der Waals surface area contributed by atoms with Crippen LogP contribution in [0, 0.1) is 11.3 Å². The van der Waals surface area contributed by atoms with Crippen molar-refractivity contribution in [2.75, 3.05) is 11.4 Å². The van der Waals surface area contributed by atoms with Crippen LogP contribution in [0.4, 0.5) is 5.69 Å². The lowest BCUT2D eigenvalue weighted by molar-refractivity contribution is 0.0697. The summed E-state index contributed by atoms with van der Waals surface area (Å²) in [6, 6.07) is 11.1. The van der Waals surface area contributed by atoms with Gasteiger partial charge in [-0.05, 0) is 54.3 Å². The number of benzene rings is 2. The Kier molecular flexibility index (Phi) is 3.72. The summed E-state index contributed by atoms with van der Waals surface area (Å²) in [5.41, 5.74) is 1.72. The van der Waals surface area contributed by atoms with Gasteiger partial charge >= 0.3 is 5.97 Å². The third-order valence-electron chi connectivity index (χ3n) is 4.79. The number of hydrogen-bond acceptors (Lipinski definition) is 5. The van der Waals surface area contributed by atoms with Gasteiger partial charge in [0.2, 0.25) is 10.0 Å². The Balaban J connectivity index is 1.92. The summed E-state index contributed by atoms with van der Waals surface area (Å²) in [7, 11) is -3.68. The van der Waals surface area contributed by atoms with Gasteiger partial charge in [0.1, 0.15) is 4.90 Å². The highest BCUT2D eigenvalue weighted by Gasteiger charge is 2.37. The number of carbonyl (C=O) groups is 1. The van der Waals surface area contributed by atoms with Crippen LogP contribution in [-0.4, -0.2) is 32.2 Å². The van der Waals surface area contributed by atoms with E-state index in [-0.39, 0.29) is 16.6 Å². The molecule has 2 aromatic carbocycles. The van der Waals surface area contributed by atoms with E-state index in [2.05, 4.69) is 4.72 Å². The van der Waals surface area contributed by atoms with Gasteiger partial charge < -0.3 is 10.0 Å². The molecule has 1 unspecified atom stereocenters. The van der Waals surface area contributed by atoms with E-state index >= 15 is 0 Å². The highest BCUT2D eigenvalue weighted by Crippen LogP contribution is 2.38. The summed E-state index contributed by atoms with van der Waals surface area (Å²) in [5, 5.41) is 18.5. The van der Waals surface area contributed by atoms with Crippen LogP contribution in [0.1, 0.15) is 28.8 Å². The Morgan fingerprint density at radius 2 is 2.08 bits per heavy atom. The minimum atomic E-state index is -3.68. The second-order valence-corrected chi connectivity index (χ2v) is 8.01. The van der Waals surface area contributed by atoms with Gasteiger partial charge in [0.15, 0.2) is 0 Å². The average Bonchev–Trinajstić information content (AvgIpc) is 3.08. The third-order valence-corrected chi connectivity index (χ3v) is 6.28. The number of nitriles is 1. The maximum absolute atomic E-state index is 12.6. The number of rotatable bonds is 2. The normalized spacial score (nSPS) is 20.1. The van der Waals surface area contributed by atoms with Crippen LogP contribution in [0.3, 0.4) is 0 Å². The number of carboxylic acid groups (broad SMARTS) is 1. The Labute approximate surface area is 150 Å². The number of fused-ring (bicyclic) bond motifs is 3. The number of hydrogen-bond donors (Lipinski definition) is 2. The fraction of sp³-hybridized carbons (Fsp3) is 0.222. The fourth-order valence-corrected chi connectivity index (χ4v) is 5.07. The Bertz CT molecular complexity index is 1070. The van der Waals surface area contributed by atoms with E-state index in [1.807, 2.05) is 11.0 Å². The molecule has 0 aromatic heterocycles. The van der Waals surface area contributed by atoms with Crippen molar-refractivity contribution >= 4 is 21.7 Å². The Morgan fingerprint density at radius 3 is 2.81 bits per heavy atom. The largest absolute Gasteiger partial charge is 0.478 e. The zero-order chi connectivity index (χ0) is 18.5. The van der Waals surface area contributed by atoms with Crippen LogP contribution in [0.15, 0.2) is 41.3 Å². The molecule has 2 aliphatic heterocycles. The molecule has 0 spiro atoms. The van der Waals surface area contributed by atoms with Gasteiger partial charge in [-0.1, -0.05) is 6.07 Å². The van der Waals surface area contributed by atoms with Crippen molar-refractivity contribution in [2.24, 2.45) is 0 Å². The Hall–Kier alpha value is -2.89. The van der Waals surface area contributed by atoms with Crippen LogP contribution >= 0.6 is 0 Å². The monoisotopic (exact) mass is 369 g/mol. The van der Waals surface area contributed by atoms with Gasteiger partial charge in [-0.15, -0.1) is 0 Å². The van der Waals surface area contributed by atoms with Crippen LogP contribution in [0.2, 0.25) is 0 Å². The van der Waals surface area contributed by atoms with E-state index < -0.39 is 16.0 Å². The molecule has 2 heterocycles. The molecule has 0 bridgehead atoms. The molecule has 4 rings (SSSR count). The van der Waals surface area contributed by atoms with E-state index in [1.165, 1.54) is 24.3 Å². The molecule has 1 fully saturated rings. The van der Waals surface area contributed by atoms with Gasteiger partial charge in [0.25, 0.3) is 0 Å². The van der Waals surface area contributed by atoms with Crippen molar-refractivity contribution in [3.8, 4) is 17.2 Å². The van der Waals surface area contributed by atoms with Crippen LogP contribution in [0.5, 0.6) is 0 Å². The summed E-state index contributed by atoms with van der Waals surface area (Å²) in [4.78, 5) is 13.7. The molecule has 2 aliphatic rings. The predicted octanol–water partition coefficient (Wildman–Crippen LogP) is 2.14.